The van der Waals surface area contributed by atoms with Crippen molar-refractivity contribution in [3.63, 3.8) is 0 Å². The number of carbonyl (C=O) groups excluding carboxylic acids is 1. The number of carboxylic acids is 1. The molecule has 0 aliphatic heterocycles. The quantitative estimate of drug-likeness (QED) is 0.466. The van der Waals surface area contributed by atoms with E-state index in [-0.39, 0.29) is 10.6 Å². The molecule has 0 bridgehead atoms. The van der Waals surface area contributed by atoms with Crippen molar-refractivity contribution in [2.45, 2.75) is 19.4 Å². The van der Waals surface area contributed by atoms with E-state index in [1.54, 1.807) is 18.2 Å². The van der Waals surface area contributed by atoms with Crippen molar-refractivity contribution in [1.29, 1.82) is 0 Å². The first-order chi connectivity index (χ1) is 13.8. The normalized spacial score (nSPS) is 11.4. The molecule has 29 heavy (non-hydrogen) atoms. The van der Waals surface area contributed by atoms with Crippen molar-refractivity contribution in [2.75, 3.05) is 13.7 Å². The maximum Gasteiger partial charge on any atom is 0.305 e. The highest BCUT2D eigenvalue weighted by Gasteiger charge is 2.22. The molecule has 9 nitrogen and oxygen atoms in total. The fourth-order valence-electron chi connectivity index (χ4n) is 2.64. The predicted molar refractivity (Wildman–Crippen MR) is 105 cm³/mol. The van der Waals surface area contributed by atoms with E-state index in [9.17, 15) is 24.8 Å². The Labute approximate surface area is 171 Å². The molecule has 2 aromatic carbocycles. The highest BCUT2D eigenvalue weighted by Crippen LogP contribution is 2.32. The van der Waals surface area contributed by atoms with Crippen molar-refractivity contribution >= 4 is 29.2 Å². The molecule has 0 spiro atoms. The van der Waals surface area contributed by atoms with Crippen LogP contribution in [0, 0.1) is 10.1 Å². The number of rotatable bonds is 9. The number of halogens is 1. The molecule has 2 rings (SSSR count). The average Bonchev–Trinajstić information content (AvgIpc) is 2.67. The van der Waals surface area contributed by atoms with Gasteiger partial charge in [-0.3, -0.25) is 19.7 Å². The number of nitro groups is 1. The van der Waals surface area contributed by atoms with E-state index in [4.69, 9.17) is 21.1 Å². The van der Waals surface area contributed by atoms with Gasteiger partial charge in [-0.25, -0.2) is 0 Å². The van der Waals surface area contributed by atoms with Gasteiger partial charge in [0, 0.05) is 11.6 Å². The second kappa shape index (κ2) is 9.74. The van der Waals surface area contributed by atoms with Crippen molar-refractivity contribution in [3.8, 4) is 11.5 Å². The lowest BCUT2D eigenvalue weighted by Crippen LogP contribution is -2.30. The minimum Gasteiger partial charge on any atom is -0.493 e. The zero-order chi connectivity index (χ0) is 21.6. The Kier molecular flexibility index (Phi) is 7.38. The summed E-state index contributed by atoms with van der Waals surface area (Å²) in [7, 11) is 1.44. The van der Waals surface area contributed by atoms with Crippen LogP contribution in [-0.4, -0.2) is 35.6 Å². The Morgan fingerprint density at radius 2 is 1.97 bits per heavy atom. The fraction of sp³-hybridized carbons (Fsp3) is 0.263. The van der Waals surface area contributed by atoms with E-state index in [2.05, 4.69) is 5.32 Å². The van der Waals surface area contributed by atoms with E-state index in [0.717, 1.165) is 6.07 Å². The van der Waals surface area contributed by atoms with E-state index < -0.39 is 34.9 Å². The predicted octanol–water partition coefficient (Wildman–Crippen LogP) is 3.60. The van der Waals surface area contributed by atoms with Crippen LogP contribution in [0.4, 0.5) is 5.69 Å². The number of hydrogen-bond acceptors (Lipinski definition) is 6. The SMILES string of the molecule is CCOc1ccc([C@@H](CC(=O)O)NC(=O)c2ccc(Cl)c([N+](=O)[O-])c2)cc1OC. The molecule has 0 saturated carbocycles. The van der Waals surface area contributed by atoms with Crippen LogP contribution >= 0.6 is 11.6 Å². The molecule has 0 saturated heterocycles. The fourth-order valence-corrected chi connectivity index (χ4v) is 2.82. The molecule has 0 radical (unpaired) electrons. The van der Waals surface area contributed by atoms with E-state index in [1.807, 2.05) is 6.92 Å². The van der Waals surface area contributed by atoms with Gasteiger partial charge in [-0.2, -0.15) is 0 Å². The molecular formula is C19H19ClN2O7. The molecule has 0 unspecified atom stereocenters. The molecule has 0 fully saturated rings. The van der Waals surface area contributed by atoms with Gasteiger partial charge in [0.2, 0.25) is 0 Å². The second-order valence-electron chi connectivity index (χ2n) is 5.89. The molecule has 1 amide bonds. The number of carbonyl (C=O) groups is 2. The molecule has 0 aliphatic rings. The van der Waals surface area contributed by atoms with Gasteiger partial charge in [-0.1, -0.05) is 17.7 Å². The molecule has 154 valence electrons. The van der Waals surface area contributed by atoms with E-state index in [1.165, 1.54) is 19.2 Å². The third-order valence-corrected chi connectivity index (χ3v) is 4.30. The van der Waals surface area contributed by atoms with Crippen LogP contribution in [0.15, 0.2) is 36.4 Å². The van der Waals surface area contributed by atoms with Crippen LogP contribution in [0.1, 0.15) is 35.3 Å². The molecule has 0 heterocycles. The molecule has 1 atom stereocenters. The lowest BCUT2D eigenvalue weighted by molar-refractivity contribution is -0.384. The van der Waals surface area contributed by atoms with Gasteiger partial charge < -0.3 is 19.9 Å². The van der Waals surface area contributed by atoms with Crippen molar-refractivity contribution in [1.82, 2.24) is 5.32 Å². The van der Waals surface area contributed by atoms with Crippen LogP contribution in [0.2, 0.25) is 5.02 Å². The number of aliphatic carboxylic acids is 1. The number of benzene rings is 2. The lowest BCUT2D eigenvalue weighted by atomic mass is 10.0. The highest BCUT2D eigenvalue weighted by atomic mass is 35.5. The third-order valence-electron chi connectivity index (χ3n) is 3.98. The monoisotopic (exact) mass is 422 g/mol. The standard InChI is InChI=1S/C19H19ClN2O7/c1-3-29-16-7-5-11(9-17(16)28-2)14(10-18(23)24)21-19(25)12-4-6-13(20)15(8-12)22(26)27/h4-9,14H,3,10H2,1-2H3,(H,21,25)(H,23,24)/t14-/m1/s1. The number of carboxylic acid groups (broad SMARTS) is 1. The van der Waals surface area contributed by atoms with Gasteiger partial charge in [0.1, 0.15) is 5.02 Å². The van der Waals surface area contributed by atoms with Gasteiger partial charge in [0.25, 0.3) is 11.6 Å². The summed E-state index contributed by atoms with van der Waals surface area (Å²) in [5.41, 5.74) is 0.0377. The van der Waals surface area contributed by atoms with Crippen LogP contribution in [0.3, 0.4) is 0 Å². The van der Waals surface area contributed by atoms with Gasteiger partial charge >= 0.3 is 5.97 Å². The minimum atomic E-state index is -1.13. The summed E-state index contributed by atoms with van der Waals surface area (Å²) < 4.78 is 10.7. The van der Waals surface area contributed by atoms with Gasteiger partial charge in [-0.05, 0) is 36.8 Å². The highest BCUT2D eigenvalue weighted by molar-refractivity contribution is 6.32. The smallest absolute Gasteiger partial charge is 0.305 e. The van der Waals surface area contributed by atoms with Gasteiger partial charge in [0.05, 0.1) is 31.1 Å². The van der Waals surface area contributed by atoms with Crippen LogP contribution in [0.25, 0.3) is 0 Å². The molecule has 0 aromatic heterocycles. The topological polar surface area (TPSA) is 128 Å². The average molecular weight is 423 g/mol. The Morgan fingerprint density at radius 3 is 2.55 bits per heavy atom. The summed E-state index contributed by atoms with van der Waals surface area (Å²) in [5, 5.41) is 22.7. The first-order valence-electron chi connectivity index (χ1n) is 8.54. The minimum absolute atomic E-state index is 0.0191. The summed E-state index contributed by atoms with van der Waals surface area (Å²) in [6.07, 6.45) is -0.404. The number of nitrogens with zero attached hydrogens (tertiary/aromatic N) is 1. The molecule has 10 heteroatoms. The zero-order valence-electron chi connectivity index (χ0n) is 15.7. The lowest BCUT2D eigenvalue weighted by Gasteiger charge is -2.19. The van der Waals surface area contributed by atoms with Crippen molar-refractivity contribution < 1.29 is 29.1 Å². The van der Waals surface area contributed by atoms with Crippen molar-refractivity contribution in [2.24, 2.45) is 0 Å². The summed E-state index contributed by atoms with van der Waals surface area (Å²) >= 11 is 5.76. The first-order valence-corrected chi connectivity index (χ1v) is 8.92. The number of hydrogen-bond donors (Lipinski definition) is 2. The summed E-state index contributed by atoms with van der Waals surface area (Å²) in [6, 6.07) is 7.50. The summed E-state index contributed by atoms with van der Waals surface area (Å²) in [6.45, 7) is 2.23. The third kappa shape index (κ3) is 5.58. The number of methoxy groups -OCH3 is 1. The zero-order valence-corrected chi connectivity index (χ0v) is 16.4. The number of nitro benzene ring substituents is 1. The van der Waals surface area contributed by atoms with E-state index >= 15 is 0 Å². The Morgan fingerprint density at radius 1 is 1.24 bits per heavy atom. The largest absolute Gasteiger partial charge is 0.493 e. The van der Waals surface area contributed by atoms with Crippen molar-refractivity contribution in [3.05, 3.63) is 62.7 Å². The second-order valence-corrected chi connectivity index (χ2v) is 6.30. The van der Waals surface area contributed by atoms with Gasteiger partial charge in [-0.15, -0.1) is 0 Å². The van der Waals surface area contributed by atoms with Crippen LogP contribution in [-0.2, 0) is 4.79 Å². The van der Waals surface area contributed by atoms with E-state index in [0.29, 0.717) is 23.7 Å². The maximum atomic E-state index is 12.6. The van der Waals surface area contributed by atoms with Gasteiger partial charge in [0.15, 0.2) is 11.5 Å². The van der Waals surface area contributed by atoms with Crippen LogP contribution < -0.4 is 14.8 Å². The molecular weight excluding hydrogens is 404 g/mol. The Hall–Kier alpha value is -3.33. The van der Waals surface area contributed by atoms with Crippen LogP contribution in [0.5, 0.6) is 11.5 Å². The summed E-state index contributed by atoms with van der Waals surface area (Å²) in [5.74, 6) is -0.947. The number of ether oxygens (including phenoxy) is 2. The maximum absolute atomic E-state index is 12.6. The first kappa shape index (κ1) is 22.0. The molecule has 2 N–H and O–H groups in total. The Balaban J connectivity index is 2.34. The molecule has 2 aromatic rings. The summed E-state index contributed by atoms with van der Waals surface area (Å²) in [4.78, 5) is 34.2. The Bertz CT molecular complexity index is 933. The number of nitrogens with one attached hydrogen (secondary N) is 1. The number of amides is 1. The molecule has 0 aliphatic carbocycles.